The van der Waals surface area contributed by atoms with E-state index in [0.29, 0.717) is 27.4 Å². The van der Waals surface area contributed by atoms with Crippen LogP contribution in [0.1, 0.15) is 48.2 Å². The topological polar surface area (TPSA) is 110 Å². The van der Waals surface area contributed by atoms with Crippen molar-refractivity contribution in [2.75, 3.05) is 0 Å². The Hall–Kier alpha value is -5.22. The van der Waals surface area contributed by atoms with Crippen molar-refractivity contribution >= 4 is 17.4 Å². The minimum atomic E-state index is -4.78. The van der Waals surface area contributed by atoms with Crippen molar-refractivity contribution in [3.05, 3.63) is 106 Å². The van der Waals surface area contributed by atoms with E-state index in [9.17, 15) is 23.2 Å². The van der Waals surface area contributed by atoms with Gasteiger partial charge in [0.15, 0.2) is 10.6 Å². The summed E-state index contributed by atoms with van der Waals surface area (Å²) in [4.78, 5) is 22.1. The van der Waals surface area contributed by atoms with Crippen LogP contribution in [-0.4, -0.2) is 31.7 Å². The first kappa shape index (κ1) is 31.2. The summed E-state index contributed by atoms with van der Waals surface area (Å²) in [5.74, 6) is 0.280. The minimum Gasteiger partial charge on any atom is -0.406 e. The molecule has 13 heteroatoms. The maximum atomic E-state index is 13.0. The van der Waals surface area contributed by atoms with Gasteiger partial charge in [-0.3, -0.25) is 4.57 Å². The van der Waals surface area contributed by atoms with Crippen molar-refractivity contribution in [2.24, 2.45) is 4.99 Å². The van der Waals surface area contributed by atoms with Gasteiger partial charge in [-0.05, 0) is 66.8 Å². The van der Waals surface area contributed by atoms with Crippen LogP contribution >= 0.6 is 11.3 Å². The number of benzene rings is 3. The van der Waals surface area contributed by atoms with Crippen molar-refractivity contribution in [1.82, 2.24) is 24.6 Å². The van der Waals surface area contributed by atoms with E-state index in [1.165, 1.54) is 46.6 Å². The molecule has 230 valence electrons. The van der Waals surface area contributed by atoms with Crippen molar-refractivity contribution < 1.29 is 22.7 Å². The van der Waals surface area contributed by atoms with Crippen molar-refractivity contribution in [3.63, 3.8) is 0 Å². The first-order chi connectivity index (χ1) is 21.4. The van der Waals surface area contributed by atoms with Crippen LogP contribution in [0.2, 0.25) is 0 Å². The highest BCUT2D eigenvalue weighted by atomic mass is 32.1. The SMILES string of the molecule is Cc1ccc(C(C)C)c(-n2c(C)cs/c2=N\C(=O)NC(C#N)c2ccc(-c3ncn(-c4ccc(OC(F)(F)F)cc4)n3)cc2)c1. The molecule has 2 amide bonds. The molecule has 1 unspecified atom stereocenters. The Morgan fingerprint density at radius 3 is 2.42 bits per heavy atom. The number of carbonyl (C=O) groups excluding carboxylic acids is 1. The number of aromatic nitrogens is 4. The third-order valence-corrected chi connectivity index (χ3v) is 7.79. The monoisotopic (exact) mass is 631 g/mol. The number of halogens is 3. The fourth-order valence-corrected chi connectivity index (χ4v) is 5.54. The molecule has 3 aromatic carbocycles. The molecule has 1 N–H and O–H groups in total. The molecule has 0 fully saturated rings. The van der Waals surface area contributed by atoms with Gasteiger partial charge in [0.1, 0.15) is 18.1 Å². The van der Waals surface area contributed by atoms with Crippen molar-refractivity contribution in [1.29, 1.82) is 5.26 Å². The number of nitrogens with zero attached hydrogens (tertiary/aromatic N) is 6. The molecule has 5 aromatic rings. The zero-order valence-electron chi connectivity index (χ0n) is 24.7. The normalized spacial score (nSPS) is 12.6. The second kappa shape index (κ2) is 12.8. The molecule has 2 aromatic heterocycles. The van der Waals surface area contributed by atoms with E-state index in [2.05, 4.69) is 63.2 Å². The van der Waals surface area contributed by atoms with E-state index in [4.69, 9.17) is 0 Å². The summed E-state index contributed by atoms with van der Waals surface area (Å²) in [5.41, 5.74) is 5.79. The molecular weight excluding hydrogens is 603 g/mol. The molecular formula is C32H28F3N7O2S. The molecule has 0 radical (unpaired) electrons. The van der Waals surface area contributed by atoms with Crippen LogP contribution in [0.15, 0.2) is 83.4 Å². The van der Waals surface area contributed by atoms with Gasteiger partial charge >= 0.3 is 12.4 Å². The zero-order valence-corrected chi connectivity index (χ0v) is 25.5. The van der Waals surface area contributed by atoms with Gasteiger partial charge in [-0.15, -0.1) is 29.6 Å². The Bertz CT molecular complexity index is 1930. The number of urea groups is 1. The number of ether oxygens (including phenoxy) is 1. The fourth-order valence-electron chi connectivity index (χ4n) is 4.68. The number of nitriles is 1. The molecule has 0 bridgehead atoms. The molecule has 45 heavy (non-hydrogen) atoms. The molecule has 2 heterocycles. The van der Waals surface area contributed by atoms with Gasteiger partial charge < -0.3 is 10.1 Å². The van der Waals surface area contributed by atoms with Crippen LogP contribution < -0.4 is 14.9 Å². The number of aryl methyl sites for hydroxylation is 2. The van der Waals surface area contributed by atoms with Crippen LogP contribution in [0.3, 0.4) is 0 Å². The van der Waals surface area contributed by atoms with Gasteiger partial charge in [-0.2, -0.15) is 10.3 Å². The lowest BCUT2D eigenvalue weighted by molar-refractivity contribution is -0.274. The van der Waals surface area contributed by atoms with Crippen LogP contribution in [0.4, 0.5) is 18.0 Å². The van der Waals surface area contributed by atoms with E-state index in [1.807, 2.05) is 23.8 Å². The van der Waals surface area contributed by atoms with Crippen molar-refractivity contribution in [2.45, 2.75) is 46.0 Å². The molecule has 0 aliphatic rings. The Balaban J connectivity index is 1.32. The first-order valence-corrected chi connectivity index (χ1v) is 14.7. The lowest BCUT2D eigenvalue weighted by Crippen LogP contribution is -2.28. The number of alkyl halides is 3. The average molecular weight is 632 g/mol. The van der Waals surface area contributed by atoms with E-state index < -0.39 is 18.4 Å². The third kappa shape index (κ3) is 7.30. The quantitative estimate of drug-likeness (QED) is 0.203. The smallest absolute Gasteiger partial charge is 0.406 e. The maximum absolute atomic E-state index is 13.0. The van der Waals surface area contributed by atoms with E-state index in [-0.39, 0.29) is 11.7 Å². The molecule has 0 aliphatic carbocycles. The van der Waals surface area contributed by atoms with Crippen molar-refractivity contribution in [3.8, 4) is 34.6 Å². The highest BCUT2D eigenvalue weighted by molar-refractivity contribution is 7.07. The van der Waals surface area contributed by atoms with Gasteiger partial charge in [-0.1, -0.05) is 50.2 Å². The third-order valence-electron chi connectivity index (χ3n) is 6.85. The summed E-state index contributed by atoms with van der Waals surface area (Å²) in [7, 11) is 0. The van der Waals surface area contributed by atoms with Gasteiger partial charge in [0.25, 0.3) is 0 Å². The lowest BCUT2D eigenvalue weighted by atomic mass is 9.99. The fraction of sp³-hybridized carbons (Fsp3) is 0.219. The van der Waals surface area contributed by atoms with Crippen LogP contribution in [0.25, 0.3) is 22.8 Å². The summed E-state index contributed by atoms with van der Waals surface area (Å²) in [6.07, 6.45) is -3.34. The van der Waals surface area contributed by atoms with E-state index in [0.717, 1.165) is 22.5 Å². The van der Waals surface area contributed by atoms with Crippen LogP contribution in [-0.2, 0) is 0 Å². The summed E-state index contributed by atoms with van der Waals surface area (Å²) in [6, 6.07) is 18.8. The summed E-state index contributed by atoms with van der Waals surface area (Å²) in [6.45, 7) is 8.20. The maximum Gasteiger partial charge on any atom is 0.573 e. The summed E-state index contributed by atoms with van der Waals surface area (Å²) in [5, 5.41) is 18.9. The van der Waals surface area contributed by atoms with Crippen LogP contribution in [0.5, 0.6) is 5.75 Å². The average Bonchev–Trinajstić information content (AvgIpc) is 3.62. The first-order valence-electron chi connectivity index (χ1n) is 13.8. The van der Waals surface area contributed by atoms with Gasteiger partial charge in [0, 0.05) is 16.6 Å². The Morgan fingerprint density at radius 2 is 1.78 bits per heavy atom. The van der Waals surface area contributed by atoms with E-state index in [1.54, 1.807) is 24.3 Å². The molecule has 1 atom stereocenters. The molecule has 0 saturated carbocycles. The van der Waals surface area contributed by atoms with Gasteiger partial charge in [-0.25, -0.2) is 14.5 Å². The van der Waals surface area contributed by atoms with Gasteiger partial charge in [0.2, 0.25) is 0 Å². The number of hydrogen-bond donors (Lipinski definition) is 1. The van der Waals surface area contributed by atoms with E-state index >= 15 is 0 Å². The highest BCUT2D eigenvalue weighted by Crippen LogP contribution is 2.26. The number of amides is 2. The Labute approximate surface area is 260 Å². The number of carbonyl (C=O) groups is 1. The van der Waals surface area contributed by atoms with Crippen LogP contribution in [0, 0.1) is 25.2 Å². The molecule has 0 spiro atoms. The summed E-state index contributed by atoms with van der Waals surface area (Å²) >= 11 is 1.34. The largest absolute Gasteiger partial charge is 0.573 e. The summed E-state index contributed by atoms with van der Waals surface area (Å²) < 4.78 is 44.6. The number of thiazole rings is 1. The minimum absolute atomic E-state index is 0.261. The lowest BCUT2D eigenvalue weighted by Gasteiger charge is -2.16. The Kier molecular flexibility index (Phi) is 8.87. The molecule has 0 saturated heterocycles. The predicted octanol–water partition coefficient (Wildman–Crippen LogP) is 7.30. The number of rotatable bonds is 7. The second-order valence-corrected chi connectivity index (χ2v) is 11.3. The highest BCUT2D eigenvalue weighted by Gasteiger charge is 2.31. The predicted molar refractivity (Wildman–Crippen MR) is 163 cm³/mol. The number of hydrogen-bond acceptors (Lipinski definition) is 6. The molecule has 0 aliphatic heterocycles. The zero-order chi connectivity index (χ0) is 32.3. The molecule has 9 nitrogen and oxygen atoms in total. The standard InChI is InChI=1S/C32H28F3N7O2S/c1-19(2)26-14-5-20(3)15-28(26)42-21(4)17-45-31(42)39-30(43)38-27(16-36)22-6-8-23(9-7-22)29-37-18-41(40-29)24-10-12-25(13-11-24)44-32(33,34)35/h5-15,17-19,27H,1-4H3,(H,38,43)/b39-31-. The second-order valence-electron chi connectivity index (χ2n) is 10.5. The molecule has 5 rings (SSSR count). The number of nitrogens with one attached hydrogen (secondary N) is 1. The van der Waals surface area contributed by atoms with Gasteiger partial charge in [0.05, 0.1) is 17.4 Å². The Morgan fingerprint density at radius 1 is 1.07 bits per heavy atom.